The Hall–Kier alpha value is -3.21. The van der Waals surface area contributed by atoms with Crippen LogP contribution in [0.15, 0.2) is 60.9 Å². The zero-order valence-corrected chi connectivity index (χ0v) is 15.9. The minimum absolute atomic E-state index is 0.275. The van der Waals surface area contributed by atoms with Gasteiger partial charge in [-0.15, -0.1) is 0 Å². The zero-order chi connectivity index (χ0) is 19.2. The lowest BCUT2D eigenvalue weighted by Crippen LogP contribution is -2.14. The maximum Gasteiger partial charge on any atom is 0.275 e. The molecular formula is C22H24N4O. The molecule has 0 atom stereocenters. The number of nitrogens with zero attached hydrogens (tertiary/aromatic N) is 2. The van der Waals surface area contributed by atoms with Crippen LogP contribution >= 0.6 is 0 Å². The van der Waals surface area contributed by atoms with Crippen LogP contribution in [-0.2, 0) is 6.42 Å². The minimum Gasteiger partial charge on any atom is -0.339 e. The van der Waals surface area contributed by atoms with Gasteiger partial charge in [0.1, 0.15) is 11.5 Å². The molecule has 138 valence electrons. The summed E-state index contributed by atoms with van der Waals surface area (Å²) in [6.07, 6.45) is 4.02. The van der Waals surface area contributed by atoms with Crippen LogP contribution in [0.3, 0.4) is 0 Å². The number of carbonyl (C=O) groups is 1. The molecule has 2 N–H and O–H groups in total. The number of nitrogens with one attached hydrogen (secondary N) is 2. The van der Waals surface area contributed by atoms with Crippen LogP contribution in [0.2, 0.25) is 0 Å². The number of hydrogen-bond donors (Lipinski definition) is 2. The van der Waals surface area contributed by atoms with Crippen molar-refractivity contribution < 1.29 is 4.79 Å². The second-order valence-electron chi connectivity index (χ2n) is 6.66. The molecule has 1 amide bonds. The maximum absolute atomic E-state index is 12.3. The molecular weight excluding hydrogens is 336 g/mol. The Bertz CT molecular complexity index is 902. The SMILES string of the molecule is CCc1ccc(NC(=O)c2cnc(Nc3ccccc3C(C)C)cn2)cc1. The lowest BCUT2D eigenvalue weighted by molar-refractivity contribution is 0.102. The summed E-state index contributed by atoms with van der Waals surface area (Å²) in [5.41, 5.74) is 4.45. The highest BCUT2D eigenvalue weighted by atomic mass is 16.1. The lowest BCUT2D eigenvalue weighted by Gasteiger charge is -2.14. The average molecular weight is 360 g/mol. The first kappa shape index (κ1) is 18.6. The molecule has 0 spiro atoms. The molecule has 1 heterocycles. The van der Waals surface area contributed by atoms with Crippen LogP contribution in [0, 0.1) is 0 Å². The van der Waals surface area contributed by atoms with Gasteiger partial charge in [0.25, 0.3) is 5.91 Å². The molecule has 0 aliphatic rings. The molecule has 0 aliphatic heterocycles. The number of aromatic nitrogens is 2. The normalized spacial score (nSPS) is 10.7. The fourth-order valence-electron chi connectivity index (χ4n) is 2.78. The van der Waals surface area contributed by atoms with E-state index in [-0.39, 0.29) is 11.6 Å². The monoisotopic (exact) mass is 360 g/mol. The van der Waals surface area contributed by atoms with E-state index in [0.717, 1.165) is 17.8 Å². The van der Waals surface area contributed by atoms with E-state index in [0.29, 0.717) is 11.7 Å². The Morgan fingerprint density at radius 1 is 1.00 bits per heavy atom. The van der Waals surface area contributed by atoms with Crippen LogP contribution in [0.5, 0.6) is 0 Å². The number of aryl methyl sites for hydroxylation is 1. The molecule has 0 saturated heterocycles. The quantitative estimate of drug-likeness (QED) is 0.637. The molecule has 27 heavy (non-hydrogen) atoms. The van der Waals surface area contributed by atoms with Crippen LogP contribution < -0.4 is 10.6 Å². The third-order valence-corrected chi connectivity index (χ3v) is 4.35. The highest BCUT2D eigenvalue weighted by Gasteiger charge is 2.10. The van der Waals surface area contributed by atoms with Crippen LogP contribution in [0.4, 0.5) is 17.2 Å². The molecule has 2 aromatic carbocycles. The number of rotatable bonds is 6. The van der Waals surface area contributed by atoms with Gasteiger partial charge >= 0.3 is 0 Å². The number of hydrogen-bond acceptors (Lipinski definition) is 4. The number of anilines is 3. The second kappa shape index (κ2) is 8.45. The van der Waals surface area contributed by atoms with Crippen molar-refractivity contribution in [2.24, 2.45) is 0 Å². The van der Waals surface area contributed by atoms with Gasteiger partial charge in [-0.3, -0.25) is 4.79 Å². The molecule has 0 fully saturated rings. The summed E-state index contributed by atoms with van der Waals surface area (Å²) in [6.45, 7) is 6.39. The summed E-state index contributed by atoms with van der Waals surface area (Å²) >= 11 is 0. The lowest BCUT2D eigenvalue weighted by atomic mass is 10.0. The summed E-state index contributed by atoms with van der Waals surface area (Å²) in [4.78, 5) is 20.9. The maximum atomic E-state index is 12.3. The van der Waals surface area contributed by atoms with Crippen molar-refractivity contribution in [2.45, 2.75) is 33.1 Å². The van der Waals surface area contributed by atoms with Crippen molar-refractivity contribution in [2.75, 3.05) is 10.6 Å². The Labute approximate surface area is 159 Å². The molecule has 5 nitrogen and oxygen atoms in total. The Morgan fingerprint density at radius 3 is 2.37 bits per heavy atom. The Morgan fingerprint density at radius 2 is 1.74 bits per heavy atom. The fraction of sp³-hybridized carbons (Fsp3) is 0.227. The first-order valence-electron chi connectivity index (χ1n) is 9.15. The molecule has 5 heteroatoms. The van der Waals surface area contributed by atoms with Gasteiger partial charge < -0.3 is 10.6 Å². The van der Waals surface area contributed by atoms with Gasteiger partial charge in [0.05, 0.1) is 12.4 Å². The fourth-order valence-corrected chi connectivity index (χ4v) is 2.78. The molecule has 0 radical (unpaired) electrons. The molecule has 0 saturated carbocycles. The summed E-state index contributed by atoms with van der Waals surface area (Å²) in [5, 5.41) is 6.12. The van der Waals surface area contributed by atoms with E-state index in [1.165, 1.54) is 17.3 Å². The number of carbonyl (C=O) groups excluding carboxylic acids is 1. The van der Waals surface area contributed by atoms with E-state index in [2.05, 4.69) is 47.4 Å². The topological polar surface area (TPSA) is 66.9 Å². The number of benzene rings is 2. The van der Waals surface area contributed by atoms with Crippen molar-refractivity contribution in [1.82, 2.24) is 9.97 Å². The van der Waals surface area contributed by atoms with Gasteiger partial charge in [0.15, 0.2) is 0 Å². The van der Waals surface area contributed by atoms with Crippen molar-refractivity contribution in [3.63, 3.8) is 0 Å². The second-order valence-corrected chi connectivity index (χ2v) is 6.66. The van der Waals surface area contributed by atoms with E-state index < -0.39 is 0 Å². The third kappa shape index (κ3) is 4.70. The molecule has 1 aromatic heterocycles. The predicted octanol–water partition coefficient (Wildman–Crippen LogP) is 5.16. The average Bonchev–Trinajstić information content (AvgIpc) is 2.69. The number of amides is 1. The van der Waals surface area contributed by atoms with Gasteiger partial charge in [-0.05, 0) is 41.7 Å². The van der Waals surface area contributed by atoms with Crippen LogP contribution in [0.1, 0.15) is 48.3 Å². The summed E-state index contributed by atoms with van der Waals surface area (Å²) < 4.78 is 0. The van der Waals surface area contributed by atoms with E-state index in [9.17, 15) is 4.79 Å². The van der Waals surface area contributed by atoms with Gasteiger partial charge in [-0.2, -0.15) is 0 Å². The van der Waals surface area contributed by atoms with Gasteiger partial charge in [0, 0.05) is 11.4 Å². The van der Waals surface area contributed by atoms with Crippen molar-refractivity contribution in [1.29, 1.82) is 0 Å². The zero-order valence-electron chi connectivity index (χ0n) is 15.9. The highest BCUT2D eigenvalue weighted by Crippen LogP contribution is 2.25. The molecule has 3 rings (SSSR count). The Balaban J connectivity index is 1.68. The predicted molar refractivity (Wildman–Crippen MR) is 110 cm³/mol. The van der Waals surface area contributed by atoms with E-state index in [1.807, 2.05) is 42.5 Å². The molecule has 0 unspecified atom stereocenters. The summed E-state index contributed by atoms with van der Waals surface area (Å²) in [7, 11) is 0. The van der Waals surface area contributed by atoms with E-state index in [1.54, 1.807) is 6.20 Å². The van der Waals surface area contributed by atoms with Crippen LogP contribution in [-0.4, -0.2) is 15.9 Å². The third-order valence-electron chi connectivity index (χ3n) is 4.35. The van der Waals surface area contributed by atoms with Crippen LogP contribution in [0.25, 0.3) is 0 Å². The number of para-hydroxylation sites is 1. The first-order chi connectivity index (χ1) is 13.1. The minimum atomic E-state index is -0.277. The van der Waals surface area contributed by atoms with Gasteiger partial charge in [-0.25, -0.2) is 9.97 Å². The molecule has 0 aliphatic carbocycles. The summed E-state index contributed by atoms with van der Waals surface area (Å²) in [6, 6.07) is 15.9. The molecule has 3 aromatic rings. The Kier molecular flexibility index (Phi) is 5.81. The van der Waals surface area contributed by atoms with Crippen molar-refractivity contribution in [3.8, 4) is 0 Å². The van der Waals surface area contributed by atoms with E-state index in [4.69, 9.17) is 0 Å². The first-order valence-corrected chi connectivity index (χ1v) is 9.15. The summed E-state index contributed by atoms with van der Waals surface area (Å²) in [5.74, 6) is 0.721. The highest BCUT2D eigenvalue weighted by molar-refractivity contribution is 6.02. The van der Waals surface area contributed by atoms with Gasteiger partial charge in [-0.1, -0.05) is 51.1 Å². The smallest absolute Gasteiger partial charge is 0.275 e. The van der Waals surface area contributed by atoms with Gasteiger partial charge in [0.2, 0.25) is 0 Å². The van der Waals surface area contributed by atoms with Crippen molar-refractivity contribution in [3.05, 3.63) is 77.7 Å². The van der Waals surface area contributed by atoms with E-state index >= 15 is 0 Å². The standard InChI is InChI=1S/C22H24N4O/c1-4-16-9-11-17(12-10-16)25-22(27)20-13-24-21(14-23-20)26-19-8-6-5-7-18(19)15(2)3/h5-15H,4H2,1-3H3,(H,24,26)(H,25,27). The van der Waals surface area contributed by atoms with Crippen molar-refractivity contribution >= 4 is 23.1 Å². The molecule has 0 bridgehead atoms. The largest absolute Gasteiger partial charge is 0.339 e.